The first-order chi connectivity index (χ1) is 13.0. The first-order valence-corrected chi connectivity index (χ1v) is 9.43. The van der Waals surface area contributed by atoms with Crippen molar-refractivity contribution in [3.63, 3.8) is 0 Å². The van der Waals surface area contributed by atoms with Gasteiger partial charge >= 0.3 is 0 Å². The molecule has 5 heteroatoms. The van der Waals surface area contributed by atoms with Crippen LogP contribution in [-0.2, 0) is 22.4 Å². The van der Waals surface area contributed by atoms with Gasteiger partial charge in [0, 0.05) is 18.7 Å². The minimum atomic E-state index is -0.365. The highest BCUT2D eigenvalue weighted by Gasteiger charge is 2.36. The second kappa shape index (κ2) is 7.06. The first kappa shape index (κ1) is 17.6. The molecule has 27 heavy (non-hydrogen) atoms. The fourth-order valence-corrected chi connectivity index (χ4v) is 4.02. The molecule has 0 bridgehead atoms. The molecule has 0 aromatic heterocycles. The second-order valence-electron chi connectivity index (χ2n) is 7.41. The lowest BCUT2D eigenvalue weighted by Crippen LogP contribution is -2.28. The maximum atomic E-state index is 12.7. The molecule has 2 aromatic carbocycles. The van der Waals surface area contributed by atoms with E-state index in [0.29, 0.717) is 12.3 Å². The van der Waals surface area contributed by atoms with Crippen LogP contribution >= 0.6 is 0 Å². The molecule has 140 valence electrons. The molecule has 5 nitrogen and oxygen atoms in total. The Morgan fingerprint density at radius 1 is 1.15 bits per heavy atom. The van der Waals surface area contributed by atoms with Gasteiger partial charge in [0.1, 0.15) is 5.75 Å². The van der Waals surface area contributed by atoms with E-state index in [1.54, 1.807) is 12.0 Å². The molecule has 1 N–H and O–H groups in total. The van der Waals surface area contributed by atoms with Crippen LogP contribution in [0.3, 0.4) is 0 Å². The Kier molecular flexibility index (Phi) is 4.60. The fourth-order valence-electron chi connectivity index (χ4n) is 4.02. The van der Waals surface area contributed by atoms with Crippen molar-refractivity contribution in [3.05, 3.63) is 53.1 Å². The van der Waals surface area contributed by atoms with Gasteiger partial charge < -0.3 is 15.0 Å². The standard InChI is InChI=1S/C22H24N2O3/c1-14-6-9-20(27-2)19(10-14)24-13-17(12-21(24)25)22(26)23-18-8-7-15-4-3-5-16(15)11-18/h6-11,17H,3-5,12-13H2,1-2H3,(H,23,26)/t17-/m1/s1. The van der Waals surface area contributed by atoms with Crippen LogP contribution in [0.4, 0.5) is 11.4 Å². The summed E-state index contributed by atoms with van der Waals surface area (Å²) in [5.74, 6) is 0.132. The van der Waals surface area contributed by atoms with Gasteiger partial charge in [-0.05, 0) is 67.1 Å². The molecule has 2 aliphatic rings. The predicted molar refractivity (Wildman–Crippen MR) is 105 cm³/mol. The average Bonchev–Trinajstić information content (AvgIpc) is 3.27. The fraction of sp³-hybridized carbons (Fsp3) is 0.364. The van der Waals surface area contributed by atoms with Crippen LogP contribution in [0.25, 0.3) is 0 Å². The molecule has 2 aromatic rings. The molecule has 1 saturated heterocycles. The molecule has 1 aliphatic carbocycles. The zero-order valence-electron chi connectivity index (χ0n) is 15.7. The number of rotatable bonds is 4. The zero-order chi connectivity index (χ0) is 19.0. The number of amides is 2. The molecule has 1 aliphatic heterocycles. The third-order valence-electron chi connectivity index (χ3n) is 5.49. The molecular weight excluding hydrogens is 340 g/mol. The molecule has 0 saturated carbocycles. The third-order valence-corrected chi connectivity index (χ3v) is 5.49. The Bertz CT molecular complexity index is 906. The van der Waals surface area contributed by atoms with Gasteiger partial charge in [-0.2, -0.15) is 0 Å². The molecule has 0 radical (unpaired) electrons. The molecule has 0 spiro atoms. The summed E-state index contributed by atoms with van der Waals surface area (Å²) in [6.45, 7) is 2.34. The van der Waals surface area contributed by atoms with E-state index in [4.69, 9.17) is 4.74 Å². The highest BCUT2D eigenvalue weighted by atomic mass is 16.5. The van der Waals surface area contributed by atoms with E-state index in [1.165, 1.54) is 17.5 Å². The quantitative estimate of drug-likeness (QED) is 0.904. The lowest BCUT2D eigenvalue weighted by Gasteiger charge is -2.20. The van der Waals surface area contributed by atoms with Crippen LogP contribution in [-0.4, -0.2) is 25.5 Å². The van der Waals surface area contributed by atoms with Crippen molar-refractivity contribution in [2.24, 2.45) is 5.92 Å². The number of ether oxygens (including phenoxy) is 1. The number of carbonyl (C=O) groups is 2. The lowest BCUT2D eigenvalue weighted by molar-refractivity contribution is -0.122. The Morgan fingerprint density at radius 2 is 1.96 bits per heavy atom. The summed E-state index contributed by atoms with van der Waals surface area (Å²) in [6, 6.07) is 11.9. The Morgan fingerprint density at radius 3 is 2.78 bits per heavy atom. The van der Waals surface area contributed by atoms with E-state index in [0.717, 1.165) is 29.8 Å². The number of methoxy groups -OCH3 is 1. The molecular formula is C22H24N2O3. The van der Waals surface area contributed by atoms with Gasteiger partial charge in [0.25, 0.3) is 0 Å². The summed E-state index contributed by atoms with van der Waals surface area (Å²) in [6.07, 6.45) is 3.58. The number of hydrogen-bond acceptors (Lipinski definition) is 3. The highest BCUT2D eigenvalue weighted by molar-refractivity contribution is 6.04. The monoisotopic (exact) mass is 364 g/mol. The van der Waals surface area contributed by atoms with Crippen molar-refractivity contribution >= 4 is 23.2 Å². The van der Waals surface area contributed by atoms with E-state index in [2.05, 4.69) is 17.4 Å². The topological polar surface area (TPSA) is 58.6 Å². The zero-order valence-corrected chi connectivity index (χ0v) is 15.7. The number of hydrogen-bond donors (Lipinski definition) is 1. The van der Waals surface area contributed by atoms with E-state index in [-0.39, 0.29) is 24.2 Å². The number of benzene rings is 2. The van der Waals surface area contributed by atoms with Crippen molar-refractivity contribution in [3.8, 4) is 5.75 Å². The minimum absolute atomic E-state index is 0.0481. The summed E-state index contributed by atoms with van der Waals surface area (Å²) in [5.41, 5.74) is 5.29. The van der Waals surface area contributed by atoms with Crippen molar-refractivity contribution < 1.29 is 14.3 Å². The van der Waals surface area contributed by atoms with Crippen LogP contribution < -0.4 is 15.0 Å². The van der Waals surface area contributed by atoms with Crippen LogP contribution in [0.15, 0.2) is 36.4 Å². The van der Waals surface area contributed by atoms with E-state index in [9.17, 15) is 9.59 Å². The summed E-state index contributed by atoms with van der Waals surface area (Å²) in [5, 5.41) is 3.00. The molecule has 1 heterocycles. The van der Waals surface area contributed by atoms with Gasteiger partial charge in [-0.3, -0.25) is 9.59 Å². The molecule has 1 atom stereocenters. The van der Waals surface area contributed by atoms with E-state index >= 15 is 0 Å². The summed E-state index contributed by atoms with van der Waals surface area (Å²) in [4.78, 5) is 27.0. The van der Waals surface area contributed by atoms with Crippen molar-refractivity contribution in [2.45, 2.75) is 32.6 Å². The number of nitrogens with one attached hydrogen (secondary N) is 1. The number of aryl methyl sites for hydroxylation is 3. The second-order valence-corrected chi connectivity index (χ2v) is 7.41. The predicted octanol–water partition coefficient (Wildman–Crippen LogP) is 3.48. The lowest BCUT2D eigenvalue weighted by atomic mass is 10.1. The minimum Gasteiger partial charge on any atom is -0.495 e. The molecule has 4 rings (SSSR count). The van der Waals surface area contributed by atoms with E-state index in [1.807, 2.05) is 31.2 Å². The number of nitrogens with zero attached hydrogens (tertiary/aromatic N) is 1. The highest BCUT2D eigenvalue weighted by Crippen LogP contribution is 2.34. The third kappa shape index (κ3) is 3.42. The van der Waals surface area contributed by atoms with Crippen molar-refractivity contribution in [2.75, 3.05) is 23.9 Å². The average molecular weight is 364 g/mol. The van der Waals surface area contributed by atoms with Gasteiger partial charge in [-0.1, -0.05) is 12.1 Å². The van der Waals surface area contributed by atoms with Gasteiger partial charge in [0.15, 0.2) is 0 Å². The van der Waals surface area contributed by atoms with Crippen molar-refractivity contribution in [1.82, 2.24) is 0 Å². The van der Waals surface area contributed by atoms with Crippen molar-refractivity contribution in [1.29, 1.82) is 0 Å². The van der Waals surface area contributed by atoms with E-state index < -0.39 is 0 Å². The van der Waals surface area contributed by atoms with Crippen LogP contribution in [0.5, 0.6) is 5.75 Å². The molecule has 2 amide bonds. The largest absolute Gasteiger partial charge is 0.495 e. The van der Waals surface area contributed by atoms with Gasteiger partial charge in [-0.25, -0.2) is 0 Å². The normalized spacial score (nSPS) is 18.5. The summed E-state index contributed by atoms with van der Waals surface area (Å²) < 4.78 is 5.40. The maximum absolute atomic E-state index is 12.7. The van der Waals surface area contributed by atoms with Crippen LogP contribution in [0.1, 0.15) is 29.5 Å². The number of fused-ring (bicyclic) bond motifs is 1. The van der Waals surface area contributed by atoms with Crippen LogP contribution in [0.2, 0.25) is 0 Å². The van der Waals surface area contributed by atoms with Crippen LogP contribution in [0, 0.1) is 12.8 Å². The summed E-state index contributed by atoms with van der Waals surface area (Å²) >= 11 is 0. The first-order valence-electron chi connectivity index (χ1n) is 9.43. The molecule has 1 fully saturated rings. The Balaban J connectivity index is 1.49. The molecule has 0 unspecified atom stereocenters. The Labute approximate surface area is 159 Å². The van der Waals surface area contributed by atoms with Gasteiger partial charge in [-0.15, -0.1) is 0 Å². The summed E-state index contributed by atoms with van der Waals surface area (Å²) in [7, 11) is 1.59. The smallest absolute Gasteiger partial charge is 0.229 e. The maximum Gasteiger partial charge on any atom is 0.229 e. The SMILES string of the molecule is COc1ccc(C)cc1N1C[C@H](C(=O)Nc2ccc3c(c2)CCC3)CC1=O. The van der Waals surface area contributed by atoms with Gasteiger partial charge in [0.2, 0.25) is 11.8 Å². The number of anilines is 2. The Hall–Kier alpha value is -2.82. The number of carbonyl (C=O) groups excluding carboxylic acids is 2. The van der Waals surface area contributed by atoms with Gasteiger partial charge in [0.05, 0.1) is 18.7 Å².